The molecule has 2 unspecified atom stereocenters. The van der Waals surface area contributed by atoms with Gasteiger partial charge < -0.3 is 9.80 Å². The van der Waals surface area contributed by atoms with Crippen LogP contribution < -0.4 is 4.90 Å². The second kappa shape index (κ2) is 9.53. The molecule has 33 heavy (non-hydrogen) atoms. The van der Waals surface area contributed by atoms with E-state index in [-0.39, 0.29) is 5.91 Å². The fourth-order valence-corrected chi connectivity index (χ4v) is 6.13. The molecule has 2 aliphatic heterocycles. The highest BCUT2D eigenvalue weighted by molar-refractivity contribution is 8.07. The summed E-state index contributed by atoms with van der Waals surface area (Å²) in [4.78, 5) is 29.3. The molecule has 1 amide bonds. The van der Waals surface area contributed by atoms with Crippen molar-refractivity contribution in [2.24, 2.45) is 11.8 Å². The maximum absolute atomic E-state index is 13.4. The lowest BCUT2D eigenvalue weighted by atomic mass is 10.0. The van der Waals surface area contributed by atoms with Crippen LogP contribution >= 0.6 is 23.1 Å². The minimum absolute atomic E-state index is 0.136. The van der Waals surface area contributed by atoms with Gasteiger partial charge in [-0.25, -0.2) is 9.97 Å². The Hall–Kier alpha value is -2.90. The summed E-state index contributed by atoms with van der Waals surface area (Å²) in [6.45, 7) is 7.12. The first-order chi connectivity index (χ1) is 16.2. The Morgan fingerprint density at radius 3 is 2.61 bits per heavy atom. The molecule has 2 aromatic heterocycles. The number of amides is 1. The summed E-state index contributed by atoms with van der Waals surface area (Å²) in [6.07, 6.45) is 7.64. The molecule has 5 nitrogen and oxygen atoms in total. The van der Waals surface area contributed by atoms with E-state index in [4.69, 9.17) is 4.98 Å². The third-order valence-electron chi connectivity index (χ3n) is 6.38. The number of thioether (sulfide) groups is 1. The molecule has 0 spiro atoms. The normalized spacial score (nSPS) is 20.2. The molecule has 0 aliphatic carbocycles. The van der Waals surface area contributed by atoms with Crippen LogP contribution in [0.5, 0.6) is 0 Å². The Balaban J connectivity index is 1.29. The summed E-state index contributed by atoms with van der Waals surface area (Å²) in [5.74, 6) is 1.79. The molecular weight excluding hydrogens is 448 g/mol. The summed E-state index contributed by atoms with van der Waals surface area (Å²) in [6, 6.07) is 14.0. The number of anilines is 1. The van der Waals surface area contributed by atoms with Crippen LogP contribution in [0.4, 0.5) is 5.95 Å². The van der Waals surface area contributed by atoms with Gasteiger partial charge in [0.2, 0.25) is 5.95 Å². The van der Waals surface area contributed by atoms with Gasteiger partial charge in [-0.3, -0.25) is 4.79 Å². The Bertz CT molecular complexity index is 1180. The van der Waals surface area contributed by atoms with Crippen molar-refractivity contribution in [3.05, 3.63) is 84.0 Å². The third kappa shape index (κ3) is 4.35. The van der Waals surface area contributed by atoms with Crippen molar-refractivity contribution in [3.8, 4) is 10.4 Å². The van der Waals surface area contributed by atoms with E-state index in [1.807, 2.05) is 59.8 Å². The van der Waals surface area contributed by atoms with Gasteiger partial charge in [0.25, 0.3) is 5.91 Å². The topological polar surface area (TPSA) is 49.3 Å². The zero-order chi connectivity index (χ0) is 22.8. The van der Waals surface area contributed by atoms with Gasteiger partial charge in [-0.05, 0) is 35.9 Å². The van der Waals surface area contributed by atoms with Gasteiger partial charge in [0.15, 0.2) is 0 Å². The predicted molar refractivity (Wildman–Crippen MR) is 139 cm³/mol. The Labute approximate surface area is 202 Å². The number of thiophene rings is 1. The summed E-state index contributed by atoms with van der Waals surface area (Å²) in [7, 11) is 0. The number of hydrogen-bond donors (Lipinski definition) is 0. The number of benzene rings is 1. The fraction of sp³-hybridized carbons (Fsp3) is 0.269. The van der Waals surface area contributed by atoms with Crippen molar-refractivity contribution >= 4 is 39.9 Å². The standard InChI is InChI=1S/C26H26N4OS2/c1-3-7-24(32-2)22-11-12-27-26(28-22)30-16-18-14-29(15-19(18)17-30)25(31)21-9-5-4-8-20(21)23-10-6-13-33-23/h3-13,18-19H,1,14-17H2,2H3. The first kappa shape index (κ1) is 21.9. The van der Waals surface area contributed by atoms with Gasteiger partial charge in [0.1, 0.15) is 0 Å². The van der Waals surface area contributed by atoms with Gasteiger partial charge in [-0.15, -0.1) is 23.1 Å². The molecule has 0 saturated carbocycles. The van der Waals surface area contributed by atoms with E-state index in [0.29, 0.717) is 11.8 Å². The number of nitrogens with zero attached hydrogens (tertiary/aromatic N) is 4. The lowest BCUT2D eigenvalue weighted by Gasteiger charge is -2.23. The van der Waals surface area contributed by atoms with Gasteiger partial charge in [0, 0.05) is 65.1 Å². The fourth-order valence-electron chi connectivity index (χ4n) is 4.81. The second-order valence-corrected chi connectivity index (χ2v) is 10.2. The minimum atomic E-state index is 0.136. The molecule has 3 aromatic rings. The van der Waals surface area contributed by atoms with Gasteiger partial charge >= 0.3 is 0 Å². The van der Waals surface area contributed by atoms with Crippen LogP contribution in [0.2, 0.25) is 0 Å². The number of fused-ring (bicyclic) bond motifs is 1. The van der Waals surface area contributed by atoms with E-state index in [0.717, 1.165) is 58.7 Å². The third-order valence-corrected chi connectivity index (χ3v) is 8.07. The average Bonchev–Trinajstić information content (AvgIpc) is 3.59. The molecular formula is C26H26N4OS2. The van der Waals surface area contributed by atoms with Crippen LogP contribution in [0.15, 0.2) is 72.8 Å². The summed E-state index contributed by atoms with van der Waals surface area (Å²) in [5.41, 5.74) is 2.75. The Morgan fingerprint density at radius 2 is 1.91 bits per heavy atom. The van der Waals surface area contributed by atoms with E-state index in [9.17, 15) is 4.79 Å². The van der Waals surface area contributed by atoms with Crippen molar-refractivity contribution in [2.75, 3.05) is 37.3 Å². The number of hydrogen-bond acceptors (Lipinski definition) is 6. The van der Waals surface area contributed by atoms with E-state index >= 15 is 0 Å². The molecule has 0 radical (unpaired) electrons. The molecule has 2 fully saturated rings. The van der Waals surface area contributed by atoms with Crippen molar-refractivity contribution in [1.82, 2.24) is 14.9 Å². The molecule has 4 heterocycles. The highest BCUT2D eigenvalue weighted by Crippen LogP contribution is 2.36. The van der Waals surface area contributed by atoms with Crippen molar-refractivity contribution in [1.29, 1.82) is 0 Å². The molecule has 2 aliphatic rings. The maximum Gasteiger partial charge on any atom is 0.254 e. The summed E-state index contributed by atoms with van der Waals surface area (Å²) < 4.78 is 0. The first-order valence-corrected chi connectivity index (χ1v) is 13.2. The quantitative estimate of drug-likeness (QED) is 0.454. The van der Waals surface area contributed by atoms with Crippen LogP contribution in [0, 0.1) is 11.8 Å². The molecule has 2 saturated heterocycles. The van der Waals surface area contributed by atoms with Crippen LogP contribution in [-0.2, 0) is 0 Å². The number of likely N-dealkylation sites (tertiary alicyclic amines) is 1. The van der Waals surface area contributed by atoms with Gasteiger partial charge in [0.05, 0.1) is 5.69 Å². The van der Waals surface area contributed by atoms with Crippen LogP contribution in [0.3, 0.4) is 0 Å². The molecule has 1 aromatic carbocycles. The van der Waals surface area contributed by atoms with Crippen molar-refractivity contribution in [2.45, 2.75) is 0 Å². The molecule has 0 N–H and O–H groups in total. The van der Waals surface area contributed by atoms with Gasteiger partial charge in [-0.2, -0.15) is 0 Å². The Morgan fingerprint density at radius 1 is 1.12 bits per heavy atom. The number of aromatic nitrogens is 2. The van der Waals surface area contributed by atoms with E-state index in [2.05, 4.69) is 27.9 Å². The molecule has 168 valence electrons. The monoisotopic (exact) mass is 474 g/mol. The van der Waals surface area contributed by atoms with E-state index in [1.165, 1.54) is 0 Å². The Kier molecular flexibility index (Phi) is 6.33. The smallest absolute Gasteiger partial charge is 0.254 e. The molecule has 2 atom stereocenters. The van der Waals surface area contributed by atoms with Crippen LogP contribution in [0.1, 0.15) is 16.1 Å². The SMILES string of the molecule is C=CC=C(SC)c1ccnc(N2CC3CN(C(=O)c4ccccc4-c4cccs4)CC3C2)n1. The average molecular weight is 475 g/mol. The zero-order valence-corrected chi connectivity index (χ0v) is 20.2. The lowest BCUT2D eigenvalue weighted by molar-refractivity contribution is 0.0783. The van der Waals surface area contributed by atoms with Crippen LogP contribution in [-0.4, -0.2) is 53.2 Å². The zero-order valence-electron chi connectivity index (χ0n) is 18.6. The number of allylic oxidation sites excluding steroid dienone is 2. The lowest BCUT2D eigenvalue weighted by Crippen LogP contribution is -2.34. The number of carbonyl (C=O) groups is 1. The first-order valence-electron chi connectivity index (χ1n) is 11.0. The van der Waals surface area contributed by atoms with Crippen LogP contribution in [0.25, 0.3) is 15.3 Å². The second-order valence-electron chi connectivity index (χ2n) is 8.37. The number of carbonyl (C=O) groups excluding carboxylic acids is 1. The minimum Gasteiger partial charge on any atom is -0.340 e. The largest absolute Gasteiger partial charge is 0.340 e. The van der Waals surface area contributed by atoms with E-state index in [1.54, 1.807) is 29.2 Å². The van der Waals surface area contributed by atoms with Gasteiger partial charge in [-0.1, -0.05) is 36.9 Å². The maximum atomic E-state index is 13.4. The van der Waals surface area contributed by atoms with Crippen molar-refractivity contribution in [3.63, 3.8) is 0 Å². The molecule has 0 bridgehead atoms. The molecule has 5 rings (SSSR count). The van der Waals surface area contributed by atoms with Crippen molar-refractivity contribution < 1.29 is 4.79 Å². The highest BCUT2D eigenvalue weighted by atomic mass is 32.2. The summed E-state index contributed by atoms with van der Waals surface area (Å²) >= 11 is 3.32. The predicted octanol–water partition coefficient (Wildman–Crippen LogP) is 5.30. The van der Waals surface area contributed by atoms with E-state index < -0.39 is 0 Å². The summed E-state index contributed by atoms with van der Waals surface area (Å²) in [5, 5.41) is 2.05. The molecule has 7 heteroatoms. The highest BCUT2D eigenvalue weighted by Gasteiger charge is 2.42. The number of rotatable bonds is 6.